The van der Waals surface area contributed by atoms with Crippen LogP contribution in [0, 0.1) is 13.8 Å². The number of H-pyrrole nitrogens is 1. The molecule has 0 unspecified atom stereocenters. The van der Waals surface area contributed by atoms with Gasteiger partial charge in [-0.15, -0.1) is 0 Å². The summed E-state index contributed by atoms with van der Waals surface area (Å²) in [6, 6.07) is -0.658. The number of Topliss-reactive ketones (excluding diaryl/α,β-unsaturated/α-hetero) is 1. The van der Waals surface area contributed by atoms with Gasteiger partial charge in [-0.3, -0.25) is 14.9 Å². The van der Waals surface area contributed by atoms with E-state index in [2.05, 4.69) is 10.3 Å². The van der Waals surface area contributed by atoms with Crippen molar-refractivity contribution < 1.29 is 23.9 Å². The topological polar surface area (TPSA) is 117 Å². The summed E-state index contributed by atoms with van der Waals surface area (Å²) in [7, 11) is 0. The van der Waals surface area contributed by atoms with Gasteiger partial charge < -0.3 is 15.0 Å². The summed E-state index contributed by atoms with van der Waals surface area (Å²) in [5, 5.41) is 4.38. The summed E-state index contributed by atoms with van der Waals surface area (Å²) in [6.07, 6.45) is 0. The number of aryl methyl sites for hydroxylation is 1. The van der Waals surface area contributed by atoms with Gasteiger partial charge in [0.25, 0.3) is 5.91 Å². The van der Waals surface area contributed by atoms with E-state index in [9.17, 15) is 19.2 Å². The number of carbonyl (C=O) groups is 4. The van der Waals surface area contributed by atoms with Crippen LogP contribution in [-0.2, 0) is 9.53 Å². The Morgan fingerprint density at radius 1 is 1.18 bits per heavy atom. The van der Waals surface area contributed by atoms with Gasteiger partial charge in [0.2, 0.25) is 0 Å². The Morgan fingerprint density at radius 2 is 1.82 bits per heavy atom. The van der Waals surface area contributed by atoms with Crippen molar-refractivity contribution in [2.75, 3.05) is 13.2 Å². The number of nitrogens with one attached hydrogen (secondary N) is 3. The summed E-state index contributed by atoms with van der Waals surface area (Å²) >= 11 is 0. The average Bonchev–Trinajstić information content (AvgIpc) is 2.71. The van der Waals surface area contributed by atoms with Gasteiger partial charge in [0.05, 0.1) is 0 Å². The second-order valence-corrected chi connectivity index (χ2v) is 4.66. The Balaban J connectivity index is 2.67. The van der Waals surface area contributed by atoms with Gasteiger partial charge in [-0.1, -0.05) is 0 Å². The Hall–Kier alpha value is -2.64. The highest BCUT2D eigenvalue weighted by atomic mass is 16.5. The number of carbonyl (C=O) groups excluding carboxylic acids is 4. The van der Waals surface area contributed by atoms with Crippen molar-refractivity contribution in [1.29, 1.82) is 0 Å². The quantitative estimate of drug-likeness (QED) is 0.550. The number of hydrogen-bond acceptors (Lipinski definition) is 5. The maximum absolute atomic E-state index is 11.9. The minimum atomic E-state index is -0.765. The summed E-state index contributed by atoms with van der Waals surface area (Å²) < 4.78 is 4.82. The molecule has 0 aromatic carbocycles. The van der Waals surface area contributed by atoms with Crippen molar-refractivity contribution in [3.8, 4) is 0 Å². The molecule has 0 radical (unpaired) electrons. The monoisotopic (exact) mass is 309 g/mol. The fraction of sp³-hybridized carbons (Fsp3) is 0.429. The average molecular weight is 309 g/mol. The van der Waals surface area contributed by atoms with Crippen LogP contribution >= 0.6 is 0 Å². The van der Waals surface area contributed by atoms with Crippen molar-refractivity contribution in [3.63, 3.8) is 0 Å². The third-order valence-corrected chi connectivity index (χ3v) is 2.92. The number of imide groups is 1. The molecule has 3 N–H and O–H groups in total. The molecule has 3 amide bonds. The van der Waals surface area contributed by atoms with Gasteiger partial charge in [0.15, 0.2) is 12.4 Å². The number of aromatic amines is 1. The minimum Gasteiger partial charge on any atom is -0.451 e. The first-order valence-electron chi connectivity index (χ1n) is 6.72. The van der Waals surface area contributed by atoms with Crippen LogP contribution in [0.4, 0.5) is 4.79 Å². The molecular formula is C14H19N3O5. The molecule has 22 heavy (non-hydrogen) atoms. The van der Waals surface area contributed by atoms with E-state index in [1.807, 2.05) is 5.32 Å². The molecule has 0 aliphatic heterocycles. The lowest BCUT2D eigenvalue weighted by Crippen LogP contribution is -2.41. The molecule has 1 rings (SSSR count). The number of aromatic nitrogens is 1. The molecule has 0 fully saturated rings. The van der Waals surface area contributed by atoms with Crippen LogP contribution in [0.5, 0.6) is 0 Å². The van der Waals surface area contributed by atoms with Crippen LogP contribution < -0.4 is 10.6 Å². The van der Waals surface area contributed by atoms with Crippen molar-refractivity contribution in [3.05, 3.63) is 22.5 Å². The molecule has 0 saturated heterocycles. The van der Waals surface area contributed by atoms with Crippen molar-refractivity contribution in [2.45, 2.75) is 27.7 Å². The summed E-state index contributed by atoms with van der Waals surface area (Å²) in [6.45, 7) is 6.16. The maximum atomic E-state index is 11.9. The summed E-state index contributed by atoms with van der Waals surface area (Å²) in [5.74, 6) is -1.68. The zero-order valence-electron chi connectivity index (χ0n) is 13.0. The Kier molecular flexibility index (Phi) is 5.85. The maximum Gasteiger partial charge on any atom is 0.355 e. The van der Waals surface area contributed by atoms with E-state index in [4.69, 9.17) is 4.74 Å². The molecule has 0 aliphatic rings. The van der Waals surface area contributed by atoms with Crippen LogP contribution in [0.15, 0.2) is 0 Å². The lowest BCUT2D eigenvalue weighted by Gasteiger charge is -2.06. The van der Waals surface area contributed by atoms with Crippen molar-refractivity contribution in [2.24, 2.45) is 0 Å². The molecule has 8 nitrogen and oxygen atoms in total. The van der Waals surface area contributed by atoms with Gasteiger partial charge in [0.1, 0.15) is 5.69 Å². The highest BCUT2D eigenvalue weighted by molar-refractivity contribution is 6.01. The fourth-order valence-electron chi connectivity index (χ4n) is 2.05. The van der Waals surface area contributed by atoms with E-state index in [-0.39, 0.29) is 11.5 Å². The van der Waals surface area contributed by atoms with E-state index in [0.29, 0.717) is 23.4 Å². The van der Waals surface area contributed by atoms with Crippen LogP contribution in [-0.4, -0.2) is 41.8 Å². The van der Waals surface area contributed by atoms with Crippen molar-refractivity contribution in [1.82, 2.24) is 15.6 Å². The first-order valence-corrected chi connectivity index (χ1v) is 6.72. The van der Waals surface area contributed by atoms with E-state index in [0.717, 1.165) is 0 Å². The van der Waals surface area contributed by atoms with Gasteiger partial charge in [0, 0.05) is 17.8 Å². The van der Waals surface area contributed by atoms with Gasteiger partial charge in [-0.25, -0.2) is 9.59 Å². The molecule has 0 atom stereocenters. The molecule has 0 spiro atoms. The molecular weight excluding hydrogens is 290 g/mol. The summed E-state index contributed by atoms with van der Waals surface area (Å²) in [4.78, 5) is 48.7. The molecule has 1 aromatic heterocycles. The molecule has 120 valence electrons. The smallest absolute Gasteiger partial charge is 0.355 e. The first kappa shape index (κ1) is 17.4. The lowest BCUT2D eigenvalue weighted by molar-refractivity contribution is -0.123. The number of ketones is 1. The highest BCUT2D eigenvalue weighted by Gasteiger charge is 2.21. The second kappa shape index (κ2) is 7.39. The zero-order chi connectivity index (χ0) is 16.9. The highest BCUT2D eigenvalue weighted by Crippen LogP contribution is 2.19. The molecule has 1 heterocycles. The summed E-state index contributed by atoms with van der Waals surface area (Å²) in [5.41, 5.74) is 1.58. The number of ether oxygens (including phenoxy) is 1. The number of rotatable bonds is 5. The molecule has 0 bridgehead atoms. The number of esters is 1. The van der Waals surface area contributed by atoms with E-state index in [1.165, 1.54) is 6.92 Å². The first-order chi connectivity index (χ1) is 10.3. The largest absolute Gasteiger partial charge is 0.451 e. The van der Waals surface area contributed by atoms with Crippen LogP contribution in [0.1, 0.15) is 46.0 Å². The molecule has 8 heteroatoms. The Morgan fingerprint density at radius 3 is 2.32 bits per heavy atom. The van der Waals surface area contributed by atoms with Gasteiger partial charge >= 0.3 is 12.0 Å². The molecule has 1 aromatic rings. The van der Waals surface area contributed by atoms with E-state index in [1.54, 1.807) is 20.8 Å². The lowest BCUT2D eigenvalue weighted by atomic mass is 10.1. The van der Waals surface area contributed by atoms with E-state index < -0.39 is 24.5 Å². The number of hydrogen-bond donors (Lipinski definition) is 3. The van der Waals surface area contributed by atoms with Gasteiger partial charge in [-0.05, 0) is 33.3 Å². The predicted octanol–water partition coefficient (Wildman–Crippen LogP) is 0.837. The predicted molar refractivity (Wildman–Crippen MR) is 77.8 cm³/mol. The number of urea groups is 1. The Bertz CT molecular complexity index is 618. The van der Waals surface area contributed by atoms with Crippen LogP contribution in [0.3, 0.4) is 0 Å². The normalized spacial score (nSPS) is 10.0. The van der Waals surface area contributed by atoms with Crippen LogP contribution in [0.2, 0.25) is 0 Å². The van der Waals surface area contributed by atoms with Crippen molar-refractivity contribution >= 4 is 23.7 Å². The Labute approximate surface area is 127 Å². The van der Waals surface area contributed by atoms with E-state index >= 15 is 0 Å². The molecule has 0 aliphatic carbocycles. The minimum absolute atomic E-state index is 0.119. The number of amides is 3. The fourth-order valence-corrected chi connectivity index (χ4v) is 2.05. The van der Waals surface area contributed by atoms with Crippen LogP contribution in [0.25, 0.3) is 0 Å². The SMILES string of the molecule is CCNC(=O)NC(=O)COC(=O)c1[nH]c(C)c(C(C)=O)c1C. The standard InChI is InChI=1S/C14H19N3O5/c1-5-15-14(21)17-10(19)6-22-13(20)12-7(2)11(9(4)18)8(3)16-12/h16H,5-6H2,1-4H3,(H2,15,17,19,21). The molecule has 0 saturated carbocycles. The third-order valence-electron chi connectivity index (χ3n) is 2.92. The third kappa shape index (κ3) is 4.18. The van der Waals surface area contributed by atoms with Gasteiger partial charge in [-0.2, -0.15) is 0 Å². The zero-order valence-corrected chi connectivity index (χ0v) is 13.0. The second-order valence-electron chi connectivity index (χ2n) is 4.66.